The molecule has 11 heteroatoms. The summed E-state index contributed by atoms with van der Waals surface area (Å²) in [5, 5.41) is 0.741. The summed E-state index contributed by atoms with van der Waals surface area (Å²) in [4.78, 5) is 43.6. The average molecular weight is 470 g/mol. The van der Waals surface area contributed by atoms with Crippen LogP contribution in [0.2, 0.25) is 10.0 Å². The highest BCUT2D eigenvalue weighted by Crippen LogP contribution is 2.24. The fourth-order valence-corrected chi connectivity index (χ4v) is 3.53. The second-order valence-corrected chi connectivity index (χ2v) is 7.62. The quantitative estimate of drug-likeness (QED) is 0.475. The molecule has 0 saturated heterocycles. The Bertz CT molecular complexity index is 1380. The average Bonchev–Trinajstić information content (AvgIpc) is 2.79. The first-order valence-corrected chi connectivity index (χ1v) is 10.3. The van der Waals surface area contributed by atoms with Gasteiger partial charge in [0.2, 0.25) is 5.95 Å². The van der Waals surface area contributed by atoms with E-state index in [0.717, 1.165) is 0 Å². The van der Waals surface area contributed by atoms with Gasteiger partial charge in [-0.05, 0) is 36.8 Å². The van der Waals surface area contributed by atoms with Crippen molar-refractivity contribution in [2.45, 2.75) is 20.0 Å². The van der Waals surface area contributed by atoms with Crippen LogP contribution >= 0.6 is 23.2 Å². The second kappa shape index (κ2) is 8.89. The van der Waals surface area contributed by atoms with E-state index in [1.807, 2.05) is 6.92 Å². The number of benzene rings is 1. The number of nitrogens with two attached hydrogens (primary N) is 1. The molecular weight excluding hydrogens is 453 g/mol. The smallest absolute Gasteiger partial charge is 0.321 e. The van der Waals surface area contributed by atoms with Crippen LogP contribution < -0.4 is 16.2 Å². The molecule has 0 bridgehead atoms. The third-order valence-electron chi connectivity index (χ3n) is 4.76. The minimum absolute atomic E-state index is 0.0357. The molecule has 1 aromatic carbocycles. The van der Waals surface area contributed by atoms with Crippen LogP contribution in [0.5, 0.6) is 0 Å². The Morgan fingerprint density at radius 1 is 1.16 bits per heavy atom. The number of carbonyl (C=O) groups excluding carboxylic acids is 1. The predicted molar refractivity (Wildman–Crippen MR) is 123 cm³/mol. The van der Waals surface area contributed by atoms with E-state index in [1.54, 1.807) is 42.7 Å². The summed E-state index contributed by atoms with van der Waals surface area (Å²) < 4.78 is 1.47. The van der Waals surface area contributed by atoms with Gasteiger partial charge < -0.3 is 5.73 Å². The number of anilines is 1. The van der Waals surface area contributed by atoms with Crippen LogP contribution in [0.15, 0.2) is 53.7 Å². The molecule has 0 fully saturated rings. The van der Waals surface area contributed by atoms with E-state index in [2.05, 4.69) is 19.9 Å². The molecule has 0 saturated carbocycles. The van der Waals surface area contributed by atoms with Gasteiger partial charge in [-0.15, -0.1) is 0 Å². The molecular formula is C21H17Cl2N7O2. The number of halogens is 2. The Hall–Kier alpha value is -3.56. The number of aryl methyl sites for hydroxylation is 1. The minimum Gasteiger partial charge on any atom is -0.351 e. The Labute approximate surface area is 192 Å². The molecule has 0 radical (unpaired) electrons. The lowest BCUT2D eigenvalue weighted by Gasteiger charge is -2.19. The molecule has 0 aliphatic carbocycles. The first-order valence-electron chi connectivity index (χ1n) is 9.58. The van der Waals surface area contributed by atoms with Crippen LogP contribution in [-0.2, 0) is 13.1 Å². The van der Waals surface area contributed by atoms with Crippen molar-refractivity contribution in [3.63, 3.8) is 0 Å². The van der Waals surface area contributed by atoms with Crippen LogP contribution in [0.1, 0.15) is 12.5 Å². The third-order valence-corrected chi connectivity index (χ3v) is 5.50. The maximum atomic E-state index is 13.1. The molecule has 162 valence electrons. The van der Waals surface area contributed by atoms with E-state index >= 15 is 0 Å². The third kappa shape index (κ3) is 4.12. The number of pyridine rings is 1. The van der Waals surface area contributed by atoms with Crippen molar-refractivity contribution >= 4 is 46.3 Å². The number of carbonyl (C=O) groups is 1. The predicted octanol–water partition coefficient (Wildman–Crippen LogP) is 3.66. The largest absolute Gasteiger partial charge is 0.351 e. The molecule has 2 N–H and O–H groups in total. The number of aromatic nitrogens is 5. The standard InChI is InChI=1S/C21H17Cl2N7O2/c1-2-29-18-16(27-17(19(29)31)13-4-3-7-25-9-13)10-26-21(28-18)30(20(24)32)11-12-5-6-14(22)15(23)8-12/h3-10H,2,11H2,1H3,(H2,24,32). The summed E-state index contributed by atoms with van der Waals surface area (Å²) >= 11 is 12.0. The van der Waals surface area contributed by atoms with Gasteiger partial charge in [-0.2, -0.15) is 4.98 Å². The molecule has 32 heavy (non-hydrogen) atoms. The van der Waals surface area contributed by atoms with Crippen molar-refractivity contribution in [1.82, 2.24) is 24.5 Å². The number of hydrogen-bond donors (Lipinski definition) is 1. The van der Waals surface area contributed by atoms with Crippen LogP contribution in [0.4, 0.5) is 10.7 Å². The van der Waals surface area contributed by atoms with Gasteiger partial charge in [0.25, 0.3) is 5.56 Å². The number of primary amides is 1. The van der Waals surface area contributed by atoms with Crippen LogP contribution in [-0.4, -0.2) is 30.5 Å². The molecule has 0 spiro atoms. The summed E-state index contributed by atoms with van der Waals surface area (Å²) in [7, 11) is 0. The molecule has 3 heterocycles. The maximum absolute atomic E-state index is 13.1. The highest BCUT2D eigenvalue weighted by molar-refractivity contribution is 6.42. The zero-order chi connectivity index (χ0) is 22.8. The summed E-state index contributed by atoms with van der Waals surface area (Å²) in [6.45, 7) is 2.22. The first kappa shape index (κ1) is 21.7. The summed E-state index contributed by atoms with van der Waals surface area (Å²) in [6, 6.07) is 7.69. The lowest BCUT2D eigenvalue weighted by Crippen LogP contribution is -2.36. The Morgan fingerprint density at radius 2 is 1.97 bits per heavy atom. The van der Waals surface area contributed by atoms with E-state index in [4.69, 9.17) is 28.9 Å². The maximum Gasteiger partial charge on any atom is 0.321 e. The van der Waals surface area contributed by atoms with Crippen molar-refractivity contribution in [1.29, 1.82) is 0 Å². The molecule has 0 aliphatic heterocycles. The fourth-order valence-electron chi connectivity index (χ4n) is 3.21. The molecule has 9 nitrogen and oxygen atoms in total. The van der Waals surface area contributed by atoms with Crippen molar-refractivity contribution < 1.29 is 4.79 Å². The lowest BCUT2D eigenvalue weighted by atomic mass is 10.2. The number of rotatable bonds is 5. The van der Waals surface area contributed by atoms with Gasteiger partial charge in [-0.3, -0.25) is 19.2 Å². The SMILES string of the molecule is CCn1c(=O)c(-c2cccnc2)nc2cnc(N(Cc3ccc(Cl)c(Cl)c3)C(N)=O)nc21. The minimum atomic E-state index is -0.763. The zero-order valence-corrected chi connectivity index (χ0v) is 18.4. The number of urea groups is 1. The molecule has 3 aromatic heterocycles. The Morgan fingerprint density at radius 3 is 2.62 bits per heavy atom. The van der Waals surface area contributed by atoms with E-state index in [-0.39, 0.29) is 29.4 Å². The van der Waals surface area contributed by atoms with E-state index < -0.39 is 6.03 Å². The van der Waals surface area contributed by atoms with Crippen LogP contribution in [0, 0.1) is 0 Å². The molecule has 0 unspecified atom stereocenters. The van der Waals surface area contributed by atoms with Gasteiger partial charge in [-0.1, -0.05) is 29.3 Å². The van der Waals surface area contributed by atoms with Gasteiger partial charge in [0.1, 0.15) is 11.2 Å². The van der Waals surface area contributed by atoms with Crippen molar-refractivity contribution in [2.24, 2.45) is 5.73 Å². The summed E-state index contributed by atoms with van der Waals surface area (Å²) in [5.41, 5.74) is 7.45. The highest BCUT2D eigenvalue weighted by atomic mass is 35.5. The highest BCUT2D eigenvalue weighted by Gasteiger charge is 2.20. The van der Waals surface area contributed by atoms with Gasteiger partial charge in [0, 0.05) is 24.5 Å². The molecule has 4 rings (SSSR count). The fraction of sp³-hybridized carbons (Fsp3) is 0.143. The molecule has 2 amide bonds. The number of fused-ring (bicyclic) bond motifs is 1. The van der Waals surface area contributed by atoms with Gasteiger partial charge in [0.05, 0.1) is 22.8 Å². The summed E-state index contributed by atoms with van der Waals surface area (Å²) in [6.07, 6.45) is 4.63. The summed E-state index contributed by atoms with van der Waals surface area (Å²) in [5.74, 6) is 0.0357. The monoisotopic (exact) mass is 469 g/mol. The van der Waals surface area contributed by atoms with E-state index in [0.29, 0.717) is 33.2 Å². The molecule has 4 aromatic rings. The van der Waals surface area contributed by atoms with E-state index in [9.17, 15) is 9.59 Å². The van der Waals surface area contributed by atoms with Crippen molar-refractivity contribution in [3.8, 4) is 11.3 Å². The van der Waals surface area contributed by atoms with Crippen molar-refractivity contribution in [3.05, 3.63) is 74.9 Å². The normalized spacial score (nSPS) is 11.0. The van der Waals surface area contributed by atoms with Gasteiger partial charge in [-0.25, -0.2) is 14.8 Å². The second-order valence-electron chi connectivity index (χ2n) is 6.80. The van der Waals surface area contributed by atoms with Gasteiger partial charge >= 0.3 is 6.03 Å². The van der Waals surface area contributed by atoms with E-state index in [1.165, 1.54) is 15.7 Å². The number of hydrogen-bond acceptors (Lipinski definition) is 6. The van der Waals surface area contributed by atoms with Gasteiger partial charge in [0.15, 0.2) is 5.65 Å². The molecule has 0 atom stereocenters. The van der Waals surface area contributed by atoms with Crippen LogP contribution in [0.3, 0.4) is 0 Å². The Balaban J connectivity index is 1.81. The van der Waals surface area contributed by atoms with Crippen molar-refractivity contribution in [2.75, 3.05) is 4.90 Å². The number of nitrogens with zero attached hydrogens (tertiary/aromatic N) is 6. The lowest BCUT2D eigenvalue weighted by molar-refractivity contribution is 0.253. The number of amides is 2. The molecule has 0 aliphatic rings. The van der Waals surface area contributed by atoms with Crippen LogP contribution in [0.25, 0.3) is 22.4 Å². The zero-order valence-electron chi connectivity index (χ0n) is 16.9. The first-order chi connectivity index (χ1) is 15.4. The Kier molecular flexibility index (Phi) is 6.02. The topological polar surface area (TPSA) is 120 Å².